The van der Waals surface area contributed by atoms with Crippen LogP contribution in [0.25, 0.3) is 0 Å². The third-order valence-corrected chi connectivity index (χ3v) is 4.09. The summed E-state index contributed by atoms with van der Waals surface area (Å²) in [5, 5.41) is 24.6. The Labute approximate surface area is 172 Å². The Bertz CT molecular complexity index is 1040. The summed E-state index contributed by atoms with van der Waals surface area (Å²) in [4.78, 5) is 24.4. The number of nitrogens with one attached hydrogen (secondary N) is 2. The van der Waals surface area contributed by atoms with E-state index in [-0.39, 0.29) is 17.2 Å². The zero-order chi connectivity index (χ0) is 21.5. The van der Waals surface area contributed by atoms with Crippen molar-refractivity contribution in [3.05, 3.63) is 78.4 Å². The molecular weight excluding hydrogens is 388 g/mol. The van der Waals surface area contributed by atoms with Gasteiger partial charge in [0.2, 0.25) is 0 Å². The number of anilines is 2. The van der Waals surface area contributed by atoms with E-state index in [0.29, 0.717) is 17.0 Å². The van der Waals surface area contributed by atoms with E-state index in [9.17, 15) is 19.8 Å². The fraction of sp³-hybridized carbons (Fsp3) is 0.0909. The van der Waals surface area contributed by atoms with Crippen molar-refractivity contribution in [2.24, 2.45) is 0 Å². The van der Waals surface area contributed by atoms with Crippen LogP contribution in [0.15, 0.2) is 72.8 Å². The summed E-state index contributed by atoms with van der Waals surface area (Å²) >= 11 is 0. The Hall–Kier alpha value is -4.20. The molecule has 0 fully saturated rings. The highest BCUT2D eigenvalue weighted by Crippen LogP contribution is 2.30. The Kier molecular flexibility index (Phi) is 6.39. The van der Waals surface area contributed by atoms with Crippen LogP contribution in [0.4, 0.5) is 21.0 Å². The number of phenols is 2. The first kappa shape index (κ1) is 20.5. The van der Waals surface area contributed by atoms with Crippen LogP contribution in [0, 0.1) is 0 Å². The lowest BCUT2D eigenvalue weighted by molar-refractivity contribution is 0.121. The predicted octanol–water partition coefficient (Wildman–Crippen LogP) is 5.02. The third-order valence-electron chi connectivity index (χ3n) is 4.09. The van der Waals surface area contributed by atoms with Crippen LogP contribution < -0.4 is 15.4 Å². The first-order chi connectivity index (χ1) is 14.4. The lowest BCUT2D eigenvalue weighted by atomic mass is 10.1. The van der Waals surface area contributed by atoms with Crippen LogP contribution in [0.5, 0.6) is 17.2 Å². The largest absolute Gasteiger partial charge is 0.508 e. The van der Waals surface area contributed by atoms with E-state index >= 15 is 0 Å². The van der Waals surface area contributed by atoms with Crippen molar-refractivity contribution in [1.29, 1.82) is 0 Å². The molecule has 1 unspecified atom stereocenters. The van der Waals surface area contributed by atoms with E-state index < -0.39 is 18.3 Å². The van der Waals surface area contributed by atoms with Gasteiger partial charge in [0.25, 0.3) is 0 Å². The van der Waals surface area contributed by atoms with Crippen molar-refractivity contribution in [2.45, 2.75) is 13.0 Å². The molecule has 2 amide bonds. The molecule has 3 aromatic carbocycles. The van der Waals surface area contributed by atoms with Gasteiger partial charge in [-0.3, -0.25) is 10.6 Å². The first-order valence-electron chi connectivity index (χ1n) is 9.05. The Balaban J connectivity index is 1.70. The van der Waals surface area contributed by atoms with Gasteiger partial charge >= 0.3 is 12.2 Å². The van der Waals surface area contributed by atoms with E-state index in [2.05, 4.69) is 10.6 Å². The smallest absolute Gasteiger partial charge is 0.417 e. The van der Waals surface area contributed by atoms with Gasteiger partial charge in [-0.2, -0.15) is 0 Å². The summed E-state index contributed by atoms with van der Waals surface area (Å²) < 4.78 is 10.5. The molecule has 0 aliphatic rings. The molecule has 154 valence electrons. The summed E-state index contributed by atoms with van der Waals surface area (Å²) in [6.07, 6.45) is -2.39. The van der Waals surface area contributed by atoms with Gasteiger partial charge in [0, 0.05) is 5.56 Å². The van der Waals surface area contributed by atoms with E-state index in [0.717, 1.165) is 0 Å². The highest BCUT2D eigenvalue weighted by atomic mass is 16.6. The second-order valence-corrected chi connectivity index (χ2v) is 6.29. The zero-order valence-corrected chi connectivity index (χ0v) is 16.0. The fourth-order valence-electron chi connectivity index (χ4n) is 2.67. The molecule has 0 aliphatic carbocycles. The average molecular weight is 408 g/mol. The maximum Gasteiger partial charge on any atom is 0.417 e. The second kappa shape index (κ2) is 9.33. The van der Waals surface area contributed by atoms with Gasteiger partial charge in [0.05, 0.1) is 11.4 Å². The van der Waals surface area contributed by atoms with Gasteiger partial charge in [0.1, 0.15) is 23.4 Å². The number of phenolic OH excluding ortho intramolecular Hbond substituents is 2. The summed E-state index contributed by atoms with van der Waals surface area (Å²) in [6.45, 7) is 1.58. The number of carbonyl (C=O) groups is 2. The van der Waals surface area contributed by atoms with Crippen molar-refractivity contribution in [3.8, 4) is 17.2 Å². The molecule has 1 atom stereocenters. The van der Waals surface area contributed by atoms with Crippen molar-refractivity contribution in [2.75, 3.05) is 10.6 Å². The topological polar surface area (TPSA) is 117 Å². The maximum atomic E-state index is 12.2. The van der Waals surface area contributed by atoms with E-state index in [1.807, 2.05) is 0 Å². The van der Waals surface area contributed by atoms with Gasteiger partial charge in [-0.25, -0.2) is 9.59 Å². The van der Waals surface area contributed by atoms with Crippen molar-refractivity contribution in [3.63, 3.8) is 0 Å². The van der Waals surface area contributed by atoms with Crippen LogP contribution in [-0.4, -0.2) is 22.4 Å². The van der Waals surface area contributed by atoms with E-state index in [1.165, 1.54) is 30.3 Å². The summed E-state index contributed by atoms with van der Waals surface area (Å²) in [7, 11) is 0. The molecule has 4 N–H and O–H groups in total. The number of hydrogen-bond acceptors (Lipinski definition) is 6. The minimum absolute atomic E-state index is 0.0662. The normalized spacial score (nSPS) is 11.2. The molecule has 3 rings (SSSR count). The Morgan fingerprint density at radius 1 is 0.833 bits per heavy atom. The number of rotatable bonds is 5. The molecule has 30 heavy (non-hydrogen) atoms. The number of benzene rings is 3. The second-order valence-electron chi connectivity index (χ2n) is 6.29. The van der Waals surface area contributed by atoms with Crippen LogP contribution in [0.3, 0.4) is 0 Å². The molecule has 0 radical (unpaired) electrons. The molecule has 0 saturated carbocycles. The lowest BCUT2D eigenvalue weighted by Crippen LogP contribution is -2.20. The third kappa shape index (κ3) is 5.41. The number of carbonyl (C=O) groups excluding carboxylic acids is 2. The van der Waals surface area contributed by atoms with Crippen LogP contribution in [0.1, 0.15) is 18.6 Å². The van der Waals surface area contributed by atoms with Crippen molar-refractivity contribution >= 4 is 23.6 Å². The van der Waals surface area contributed by atoms with Gasteiger partial charge in [-0.1, -0.05) is 30.3 Å². The molecule has 0 saturated heterocycles. The fourth-order valence-corrected chi connectivity index (χ4v) is 2.67. The minimum Gasteiger partial charge on any atom is -0.508 e. The quantitative estimate of drug-likeness (QED) is 0.348. The highest BCUT2D eigenvalue weighted by Gasteiger charge is 2.19. The molecule has 0 aromatic heterocycles. The highest BCUT2D eigenvalue weighted by molar-refractivity contribution is 5.88. The van der Waals surface area contributed by atoms with Gasteiger partial charge in [-0.05, 0) is 49.4 Å². The molecule has 3 aromatic rings. The van der Waals surface area contributed by atoms with Crippen molar-refractivity contribution in [1.82, 2.24) is 0 Å². The number of hydrogen-bond donors (Lipinski definition) is 4. The monoisotopic (exact) mass is 408 g/mol. The predicted molar refractivity (Wildman–Crippen MR) is 111 cm³/mol. The summed E-state index contributed by atoms with van der Waals surface area (Å²) in [5.41, 5.74) is 0.847. The number of amides is 2. The minimum atomic E-state index is -0.838. The van der Waals surface area contributed by atoms with Gasteiger partial charge < -0.3 is 19.7 Å². The standard InChI is InChI=1S/C22H20N2O6/c1-14(29-21(27)24-19-9-5-6-10-20(19)26)17-13-15(25)11-12-18(17)23-22(28)30-16-7-3-2-4-8-16/h2-14,25-26H,1H3,(H,23,28)(H,24,27). The van der Waals surface area contributed by atoms with Crippen LogP contribution >= 0.6 is 0 Å². The number of para-hydroxylation sites is 3. The van der Waals surface area contributed by atoms with Crippen LogP contribution in [-0.2, 0) is 4.74 Å². The van der Waals surface area contributed by atoms with Gasteiger partial charge in [-0.15, -0.1) is 0 Å². The molecule has 8 heteroatoms. The van der Waals surface area contributed by atoms with Crippen molar-refractivity contribution < 1.29 is 29.3 Å². The van der Waals surface area contributed by atoms with Crippen LogP contribution in [0.2, 0.25) is 0 Å². The molecule has 0 heterocycles. The molecule has 0 bridgehead atoms. The lowest BCUT2D eigenvalue weighted by Gasteiger charge is -2.18. The molecular formula is C22H20N2O6. The average Bonchev–Trinajstić information content (AvgIpc) is 2.71. The SMILES string of the molecule is CC(OC(=O)Nc1ccccc1O)c1cc(O)ccc1NC(=O)Oc1ccccc1. The Morgan fingerprint density at radius 2 is 1.50 bits per heavy atom. The zero-order valence-electron chi connectivity index (χ0n) is 16.0. The Morgan fingerprint density at radius 3 is 2.23 bits per heavy atom. The number of ether oxygens (including phenoxy) is 2. The summed E-state index contributed by atoms with van der Waals surface area (Å²) in [5.74, 6) is 0.190. The molecule has 0 aliphatic heterocycles. The van der Waals surface area contributed by atoms with Gasteiger partial charge in [0.15, 0.2) is 0 Å². The first-order valence-corrected chi connectivity index (χ1v) is 9.05. The van der Waals surface area contributed by atoms with E-state index in [1.54, 1.807) is 49.4 Å². The number of aromatic hydroxyl groups is 2. The molecule has 0 spiro atoms. The van der Waals surface area contributed by atoms with E-state index in [4.69, 9.17) is 9.47 Å². The molecule has 8 nitrogen and oxygen atoms in total. The maximum absolute atomic E-state index is 12.2. The summed E-state index contributed by atoms with van der Waals surface area (Å²) in [6, 6.07) is 18.9.